The van der Waals surface area contributed by atoms with E-state index in [0.717, 1.165) is 51.4 Å². The number of unbranched alkanes of at least 4 members (excludes halogenated alkanes) is 5. The summed E-state index contributed by atoms with van der Waals surface area (Å²) in [7, 11) is 0. The molecule has 0 rings (SSSR count). The quantitative estimate of drug-likeness (QED) is 0.407. The van der Waals surface area contributed by atoms with Gasteiger partial charge in [0.2, 0.25) is 0 Å². The van der Waals surface area contributed by atoms with E-state index in [0.29, 0.717) is 26.1 Å². The van der Waals surface area contributed by atoms with Gasteiger partial charge in [-0.2, -0.15) is 0 Å². The van der Waals surface area contributed by atoms with Crippen LogP contribution in [0.15, 0.2) is 0 Å². The fourth-order valence-corrected chi connectivity index (χ4v) is 1.70. The van der Waals surface area contributed by atoms with Crippen molar-refractivity contribution in [1.82, 2.24) is 6.15 Å². The summed E-state index contributed by atoms with van der Waals surface area (Å²) in [6.07, 6.45) is 8.55. The van der Waals surface area contributed by atoms with Crippen molar-refractivity contribution >= 4 is 11.9 Å². The van der Waals surface area contributed by atoms with Gasteiger partial charge in [0, 0.05) is 12.8 Å². The molecule has 0 aromatic carbocycles. The van der Waals surface area contributed by atoms with Gasteiger partial charge in [-0.05, 0) is 25.7 Å². The van der Waals surface area contributed by atoms with Crippen LogP contribution in [0.25, 0.3) is 0 Å². The molecule has 5 nitrogen and oxygen atoms in total. The molecule has 3 N–H and O–H groups in total. The second-order valence-corrected chi connectivity index (χ2v) is 5.06. The number of hydrogen-bond donors (Lipinski definition) is 1. The lowest BCUT2D eigenvalue weighted by Crippen LogP contribution is -2.06. The summed E-state index contributed by atoms with van der Waals surface area (Å²) in [4.78, 5) is 22.6. The van der Waals surface area contributed by atoms with Gasteiger partial charge in [-0.25, -0.2) is 0 Å². The first-order chi connectivity index (χ1) is 9.70. The molecule has 0 aliphatic rings. The van der Waals surface area contributed by atoms with Crippen molar-refractivity contribution in [1.29, 1.82) is 0 Å². The molecule has 0 aliphatic carbocycles. The Morgan fingerprint density at radius 3 is 1.38 bits per heavy atom. The molecule has 0 heterocycles. The summed E-state index contributed by atoms with van der Waals surface area (Å²) in [5.41, 5.74) is 0. The van der Waals surface area contributed by atoms with E-state index in [9.17, 15) is 9.59 Å². The lowest BCUT2D eigenvalue weighted by atomic mass is 10.1. The third-order valence-corrected chi connectivity index (χ3v) is 3.03. The number of carbonyl (C=O) groups is 2. The summed E-state index contributed by atoms with van der Waals surface area (Å²) in [5, 5.41) is 0. The first kappa shape index (κ1) is 22.2. The van der Waals surface area contributed by atoms with Crippen molar-refractivity contribution in [2.75, 3.05) is 13.2 Å². The fourth-order valence-electron chi connectivity index (χ4n) is 1.70. The molecule has 0 aromatic heterocycles. The summed E-state index contributed by atoms with van der Waals surface area (Å²) >= 11 is 0. The highest BCUT2D eigenvalue weighted by atomic mass is 16.5. The first-order valence-electron chi connectivity index (χ1n) is 8.02. The van der Waals surface area contributed by atoms with E-state index in [2.05, 4.69) is 13.8 Å². The first-order valence-corrected chi connectivity index (χ1v) is 8.02. The van der Waals surface area contributed by atoms with Gasteiger partial charge in [-0.3, -0.25) is 9.59 Å². The third-order valence-electron chi connectivity index (χ3n) is 3.03. The lowest BCUT2D eigenvalue weighted by Gasteiger charge is -2.05. The van der Waals surface area contributed by atoms with E-state index >= 15 is 0 Å². The monoisotopic (exact) mass is 303 g/mol. The smallest absolute Gasteiger partial charge is 0.305 e. The van der Waals surface area contributed by atoms with Crippen LogP contribution < -0.4 is 6.15 Å². The van der Waals surface area contributed by atoms with E-state index in [4.69, 9.17) is 9.47 Å². The molecule has 0 bridgehead atoms. The van der Waals surface area contributed by atoms with Gasteiger partial charge < -0.3 is 15.6 Å². The van der Waals surface area contributed by atoms with Gasteiger partial charge in [-0.1, -0.05) is 39.5 Å². The molecule has 0 fully saturated rings. The van der Waals surface area contributed by atoms with Crippen LogP contribution >= 0.6 is 0 Å². The summed E-state index contributed by atoms with van der Waals surface area (Å²) in [5.74, 6) is -0.199. The summed E-state index contributed by atoms with van der Waals surface area (Å²) < 4.78 is 10.1. The highest BCUT2D eigenvalue weighted by Crippen LogP contribution is 2.07. The average Bonchev–Trinajstić information content (AvgIpc) is 2.43. The Hall–Kier alpha value is -1.10. The maximum atomic E-state index is 11.3. The number of hydrogen-bond acceptors (Lipinski definition) is 5. The van der Waals surface area contributed by atoms with Gasteiger partial charge in [0.1, 0.15) is 0 Å². The fraction of sp³-hybridized carbons (Fsp3) is 0.875. The Bertz CT molecular complexity index is 231. The molecule has 0 aliphatic heterocycles. The van der Waals surface area contributed by atoms with E-state index < -0.39 is 0 Å². The molecule has 0 aromatic rings. The highest BCUT2D eigenvalue weighted by Gasteiger charge is 2.04. The van der Waals surface area contributed by atoms with Crippen molar-refractivity contribution < 1.29 is 19.1 Å². The number of esters is 2. The molecule has 0 atom stereocenters. The second kappa shape index (κ2) is 17.0. The molecule has 21 heavy (non-hydrogen) atoms. The van der Waals surface area contributed by atoms with Gasteiger partial charge in [0.05, 0.1) is 13.2 Å². The summed E-state index contributed by atoms with van der Waals surface area (Å²) in [6.45, 7) is 5.22. The van der Waals surface area contributed by atoms with Crippen molar-refractivity contribution in [3.63, 3.8) is 0 Å². The minimum absolute atomic E-state index is 0. The van der Waals surface area contributed by atoms with Crippen LogP contribution in [0.3, 0.4) is 0 Å². The minimum atomic E-state index is -0.0996. The zero-order valence-electron chi connectivity index (χ0n) is 13.8. The molecule has 126 valence electrons. The number of carbonyl (C=O) groups excluding carboxylic acids is 2. The molecular weight excluding hydrogens is 270 g/mol. The Morgan fingerprint density at radius 1 is 0.667 bits per heavy atom. The molecule has 0 saturated carbocycles. The average molecular weight is 303 g/mol. The van der Waals surface area contributed by atoms with Crippen LogP contribution in [0.5, 0.6) is 0 Å². The lowest BCUT2D eigenvalue weighted by molar-refractivity contribution is -0.145. The van der Waals surface area contributed by atoms with Gasteiger partial charge in [0.25, 0.3) is 0 Å². The predicted molar refractivity (Wildman–Crippen MR) is 84.5 cm³/mol. The van der Waals surface area contributed by atoms with Crippen LogP contribution in [0.4, 0.5) is 0 Å². The Balaban J connectivity index is 0. The largest absolute Gasteiger partial charge is 0.466 e. The van der Waals surface area contributed by atoms with Crippen LogP contribution in [0, 0.1) is 0 Å². The third kappa shape index (κ3) is 16.8. The van der Waals surface area contributed by atoms with Crippen molar-refractivity contribution in [3.05, 3.63) is 0 Å². The van der Waals surface area contributed by atoms with Crippen molar-refractivity contribution in [3.8, 4) is 0 Å². The maximum absolute atomic E-state index is 11.3. The molecule has 0 spiro atoms. The topological polar surface area (TPSA) is 87.6 Å². The highest BCUT2D eigenvalue weighted by molar-refractivity contribution is 5.69. The normalized spacial score (nSPS) is 9.81. The van der Waals surface area contributed by atoms with E-state index in [1.54, 1.807) is 0 Å². The Labute approximate surface area is 129 Å². The van der Waals surface area contributed by atoms with Gasteiger partial charge in [-0.15, -0.1) is 0 Å². The SMILES string of the molecule is CCCCOC(=O)CCCCCCC(=O)OCCCC.N. The summed E-state index contributed by atoms with van der Waals surface area (Å²) in [6, 6.07) is 0. The van der Waals surface area contributed by atoms with Crippen LogP contribution in [0.1, 0.15) is 78.1 Å². The van der Waals surface area contributed by atoms with Crippen LogP contribution in [-0.2, 0) is 19.1 Å². The van der Waals surface area contributed by atoms with Gasteiger partial charge in [0.15, 0.2) is 0 Å². The predicted octanol–water partition coefficient (Wildman–Crippen LogP) is 4.18. The number of ether oxygens (including phenoxy) is 2. The van der Waals surface area contributed by atoms with E-state index in [-0.39, 0.29) is 18.1 Å². The molecule has 0 radical (unpaired) electrons. The molecule has 0 amide bonds. The van der Waals surface area contributed by atoms with Gasteiger partial charge >= 0.3 is 11.9 Å². The second-order valence-electron chi connectivity index (χ2n) is 5.06. The number of rotatable bonds is 13. The Morgan fingerprint density at radius 2 is 1.05 bits per heavy atom. The Kier molecular flexibility index (Phi) is 17.9. The van der Waals surface area contributed by atoms with Crippen LogP contribution in [0.2, 0.25) is 0 Å². The standard InChI is InChI=1S/C16H30O4.H3N/c1-3-5-13-19-15(17)11-9-7-8-10-12-16(18)20-14-6-4-2;/h3-14H2,1-2H3;1H3. The van der Waals surface area contributed by atoms with Crippen molar-refractivity contribution in [2.24, 2.45) is 0 Å². The van der Waals surface area contributed by atoms with Crippen molar-refractivity contribution in [2.45, 2.75) is 78.1 Å². The minimum Gasteiger partial charge on any atom is -0.466 e. The molecular formula is C16H33NO4. The maximum Gasteiger partial charge on any atom is 0.305 e. The molecule has 5 heteroatoms. The van der Waals surface area contributed by atoms with E-state index in [1.165, 1.54) is 0 Å². The molecule has 0 saturated heterocycles. The van der Waals surface area contributed by atoms with E-state index in [1.807, 2.05) is 0 Å². The molecule has 0 unspecified atom stereocenters. The zero-order valence-corrected chi connectivity index (χ0v) is 13.8. The van der Waals surface area contributed by atoms with Crippen LogP contribution in [-0.4, -0.2) is 25.2 Å². The zero-order chi connectivity index (χ0) is 15.1.